The van der Waals surface area contributed by atoms with Gasteiger partial charge in [-0.05, 0) is 31.7 Å². The Balaban J connectivity index is 1.46. The van der Waals surface area contributed by atoms with Gasteiger partial charge in [0.05, 0.1) is 17.0 Å². The van der Waals surface area contributed by atoms with E-state index in [4.69, 9.17) is 11.6 Å². The third-order valence-corrected chi connectivity index (χ3v) is 5.00. The number of imidazole rings is 1. The lowest BCUT2D eigenvalue weighted by atomic mass is 10.2. The van der Waals surface area contributed by atoms with E-state index in [1.165, 1.54) is 0 Å². The Morgan fingerprint density at radius 3 is 2.64 bits per heavy atom. The largest absolute Gasteiger partial charge is 0.368 e. The van der Waals surface area contributed by atoms with Crippen molar-refractivity contribution in [2.45, 2.75) is 13.0 Å². The minimum Gasteiger partial charge on any atom is -0.368 e. The van der Waals surface area contributed by atoms with Crippen LogP contribution in [0.25, 0.3) is 0 Å². The summed E-state index contributed by atoms with van der Waals surface area (Å²) in [6, 6.07) is 5.33. The van der Waals surface area contributed by atoms with Gasteiger partial charge in [0.2, 0.25) is 0 Å². The van der Waals surface area contributed by atoms with Crippen molar-refractivity contribution in [3.63, 3.8) is 0 Å². The van der Waals surface area contributed by atoms with Crippen molar-refractivity contribution < 1.29 is 9.59 Å². The topological polar surface area (TPSA) is 82.5 Å². The molecule has 0 unspecified atom stereocenters. The molecule has 1 saturated heterocycles. The lowest BCUT2D eigenvalue weighted by Crippen LogP contribution is -2.44. The highest BCUT2D eigenvalue weighted by Crippen LogP contribution is 2.29. The van der Waals surface area contributed by atoms with E-state index >= 15 is 0 Å². The molecule has 1 aliphatic heterocycles. The molecule has 8 nitrogen and oxygen atoms in total. The summed E-state index contributed by atoms with van der Waals surface area (Å²) in [5, 5.41) is 5.77. The number of likely N-dealkylation sites (N-methyl/N-ethyl adjacent to an activating group) is 1. The zero-order chi connectivity index (χ0) is 19.9. The monoisotopic (exact) mass is 404 g/mol. The molecule has 0 aliphatic carbocycles. The van der Waals surface area contributed by atoms with Crippen molar-refractivity contribution in [1.29, 1.82) is 0 Å². The summed E-state index contributed by atoms with van der Waals surface area (Å²) >= 11 is 6.40. The lowest BCUT2D eigenvalue weighted by molar-refractivity contribution is -0.136. The molecule has 2 aromatic rings. The SMILES string of the molecule is CN1CCN(c2ccc(NC(=O)C(=O)NCCCn3ccnc3)cc2Cl)CC1. The first-order valence-corrected chi connectivity index (χ1v) is 9.68. The third-order valence-electron chi connectivity index (χ3n) is 4.69. The molecule has 2 N–H and O–H groups in total. The fraction of sp³-hybridized carbons (Fsp3) is 0.421. The Morgan fingerprint density at radius 2 is 1.96 bits per heavy atom. The number of nitrogens with zero attached hydrogens (tertiary/aromatic N) is 4. The highest BCUT2D eigenvalue weighted by molar-refractivity contribution is 6.40. The van der Waals surface area contributed by atoms with Crippen LogP contribution in [-0.2, 0) is 16.1 Å². The molecule has 0 spiro atoms. The number of nitrogens with one attached hydrogen (secondary N) is 2. The smallest absolute Gasteiger partial charge is 0.313 e. The second-order valence-corrected chi connectivity index (χ2v) is 7.23. The van der Waals surface area contributed by atoms with E-state index in [1.54, 1.807) is 24.7 Å². The molecule has 9 heteroatoms. The predicted molar refractivity (Wildman–Crippen MR) is 110 cm³/mol. The zero-order valence-corrected chi connectivity index (χ0v) is 16.7. The fourth-order valence-electron chi connectivity index (χ4n) is 3.04. The number of carbonyl (C=O) groups is 2. The van der Waals surface area contributed by atoms with E-state index in [9.17, 15) is 9.59 Å². The Kier molecular flexibility index (Phi) is 6.89. The molecule has 1 aliphatic rings. The summed E-state index contributed by atoms with van der Waals surface area (Å²) in [4.78, 5) is 32.5. The van der Waals surface area contributed by atoms with Crippen LogP contribution in [-0.4, -0.2) is 66.0 Å². The van der Waals surface area contributed by atoms with Gasteiger partial charge >= 0.3 is 11.8 Å². The van der Waals surface area contributed by atoms with Gasteiger partial charge in [-0.2, -0.15) is 0 Å². The molecular weight excluding hydrogens is 380 g/mol. The van der Waals surface area contributed by atoms with Crippen LogP contribution in [0.15, 0.2) is 36.9 Å². The summed E-state index contributed by atoms with van der Waals surface area (Å²) in [5.74, 6) is -1.36. The van der Waals surface area contributed by atoms with Gasteiger partial charge in [-0.15, -0.1) is 0 Å². The van der Waals surface area contributed by atoms with Gasteiger partial charge in [0.25, 0.3) is 0 Å². The van der Waals surface area contributed by atoms with Crippen LogP contribution in [0, 0.1) is 0 Å². The van der Waals surface area contributed by atoms with Crippen LogP contribution in [0.2, 0.25) is 5.02 Å². The van der Waals surface area contributed by atoms with Crippen molar-refractivity contribution in [2.75, 3.05) is 50.0 Å². The third kappa shape index (κ3) is 5.46. The molecule has 2 heterocycles. The van der Waals surface area contributed by atoms with E-state index in [2.05, 4.69) is 32.5 Å². The van der Waals surface area contributed by atoms with Crippen LogP contribution in [0.3, 0.4) is 0 Å². The first-order chi connectivity index (χ1) is 13.5. The van der Waals surface area contributed by atoms with Crippen LogP contribution < -0.4 is 15.5 Å². The maximum absolute atomic E-state index is 12.1. The molecule has 1 aromatic heterocycles. The second kappa shape index (κ2) is 9.57. The number of piperazine rings is 1. The van der Waals surface area contributed by atoms with Crippen LogP contribution in [0.5, 0.6) is 0 Å². The average Bonchev–Trinajstić information content (AvgIpc) is 3.19. The first kappa shape index (κ1) is 20.2. The van der Waals surface area contributed by atoms with Crippen molar-refractivity contribution in [1.82, 2.24) is 19.8 Å². The van der Waals surface area contributed by atoms with Crippen molar-refractivity contribution >= 4 is 34.8 Å². The minimum absolute atomic E-state index is 0.410. The number of benzene rings is 1. The summed E-state index contributed by atoms with van der Waals surface area (Å²) in [6.07, 6.45) is 5.97. The maximum atomic E-state index is 12.1. The van der Waals surface area contributed by atoms with Gasteiger partial charge in [0.15, 0.2) is 0 Å². The highest BCUT2D eigenvalue weighted by atomic mass is 35.5. The number of aromatic nitrogens is 2. The Morgan fingerprint density at radius 1 is 1.18 bits per heavy atom. The molecule has 2 amide bonds. The maximum Gasteiger partial charge on any atom is 0.313 e. The van der Waals surface area contributed by atoms with Gasteiger partial charge in [-0.25, -0.2) is 4.98 Å². The normalized spacial score (nSPS) is 14.7. The molecule has 0 bridgehead atoms. The van der Waals surface area contributed by atoms with Crippen molar-refractivity contribution in [3.8, 4) is 0 Å². The number of hydrogen-bond donors (Lipinski definition) is 2. The quantitative estimate of drug-likeness (QED) is 0.562. The van der Waals surface area contributed by atoms with Gasteiger partial charge in [-0.1, -0.05) is 11.6 Å². The number of hydrogen-bond acceptors (Lipinski definition) is 5. The number of halogens is 1. The fourth-order valence-corrected chi connectivity index (χ4v) is 3.34. The van der Waals surface area contributed by atoms with E-state index < -0.39 is 11.8 Å². The molecule has 1 aromatic carbocycles. The number of anilines is 2. The number of rotatable bonds is 6. The molecular formula is C19H25ClN6O2. The molecule has 0 atom stereocenters. The first-order valence-electron chi connectivity index (χ1n) is 9.31. The Bertz CT molecular complexity index is 803. The predicted octanol–water partition coefficient (Wildman–Crippen LogP) is 1.43. The summed E-state index contributed by atoms with van der Waals surface area (Å²) in [5.41, 5.74) is 1.44. The van der Waals surface area contributed by atoms with E-state index in [0.29, 0.717) is 23.7 Å². The van der Waals surface area contributed by atoms with Gasteiger partial charge in [0.1, 0.15) is 0 Å². The van der Waals surface area contributed by atoms with Gasteiger partial charge in [-0.3, -0.25) is 9.59 Å². The zero-order valence-electron chi connectivity index (χ0n) is 15.9. The molecule has 0 saturated carbocycles. The molecule has 28 heavy (non-hydrogen) atoms. The number of amides is 2. The van der Waals surface area contributed by atoms with Crippen LogP contribution in [0.4, 0.5) is 11.4 Å². The molecule has 1 fully saturated rings. The number of aryl methyl sites for hydroxylation is 1. The molecule has 0 radical (unpaired) electrons. The van der Waals surface area contributed by atoms with Crippen LogP contribution >= 0.6 is 11.6 Å². The standard InChI is InChI=1S/C19H25ClN6O2/c1-24-9-11-26(12-10-24)17-4-3-15(13-16(17)20)23-19(28)18(27)22-5-2-7-25-8-6-21-14-25/h3-4,6,8,13-14H,2,5,7,9-12H2,1H3,(H,22,27)(H,23,28). The summed E-state index contributed by atoms with van der Waals surface area (Å²) in [7, 11) is 2.10. The summed E-state index contributed by atoms with van der Waals surface area (Å²) < 4.78 is 1.91. The lowest BCUT2D eigenvalue weighted by Gasteiger charge is -2.34. The summed E-state index contributed by atoms with van der Waals surface area (Å²) in [6.45, 7) is 4.91. The highest BCUT2D eigenvalue weighted by Gasteiger charge is 2.18. The van der Waals surface area contributed by atoms with Crippen molar-refractivity contribution in [2.24, 2.45) is 0 Å². The van der Waals surface area contributed by atoms with E-state index in [-0.39, 0.29) is 0 Å². The van der Waals surface area contributed by atoms with Gasteiger partial charge in [0, 0.05) is 57.3 Å². The molecule has 150 valence electrons. The number of carbonyl (C=O) groups excluding carboxylic acids is 2. The Hall–Kier alpha value is -2.58. The minimum atomic E-state index is -0.703. The van der Waals surface area contributed by atoms with Crippen LogP contribution in [0.1, 0.15) is 6.42 Å². The average molecular weight is 405 g/mol. The van der Waals surface area contributed by atoms with Crippen molar-refractivity contribution in [3.05, 3.63) is 41.9 Å². The van der Waals surface area contributed by atoms with E-state index in [1.807, 2.05) is 16.8 Å². The van der Waals surface area contributed by atoms with Gasteiger partial charge < -0.3 is 25.0 Å². The molecule has 3 rings (SSSR count). The second-order valence-electron chi connectivity index (χ2n) is 6.82. The van der Waals surface area contributed by atoms with E-state index in [0.717, 1.165) is 38.4 Å². The Labute approximate surface area is 169 Å².